The van der Waals surface area contributed by atoms with E-state index in [1.165, 1.54) is 85.4 Å². The maximum absolute atomic E-state index is 11.1. The summed E-state index contributed by atoms with van der Waals surface area (Å²) in [5.74, 6) is 0. The van der Waals surface area contributed by atoms with Crippen LogP contribution in [0, 0.1) is 10.8 Å². The molecule has 28 heavy (non-hydrogen) atoms. The zero-order chi connectivity index (χ0) is 21.5. The monoisotopic (exact) mass is 395 g/mol. The van der Waals surface area contributed by atoms with Gasteiger partial charge in [-0.1, -0.05) is 66.2 Å². The Hall–Kier alpha value is -1.59. The molecule has 1 heterocycles. The van der Waals surface area contributed by atoms with Crippen molar-refractivity contribution >= 4 is 0 Å². The smallest absolute Gasteiger partial charge is 0.248 e. The zero-order valence-corrected chi connectivity index (χ0v) is 19.1. The topological polar surface area (TPSA) is 66.0 Å². The first-order valence-electron chi connectivity index (χ1n) is 10.7. The molecule has 1 aromatic heterocycles. The lowest BCUT2D eigenvalue weighted by Crippen LogP contribution is -2.51. The summed E-state index contributed by atoms with van der Waals surface area (Å²) >= 11 is 0. The van der Waals surface area contributed by atoms with Gasteiger partial charge in [-0.25, -0.2) is 28.1 Å². The molecule has 162 valence electrons. The SMILES string of the molecule is CC1(C)CCCCC1.CC1(C)CCCCC1.Cn1c(=O)n(C)c(=O)n(C)c1=O. The van der Waals surface area contributed by atoms with Gasteiger partial charge in [-0.3, -0.25) is 0 Å². The molecule has 0 bridgehead atoms. The van der Waals surface area contributed by atoms with Crippen LogP contribution in [0.5, 0.6) is 0 Å². The second-order valence-electron chi connectivity index (χ2n) is 9.97. The summed E-state index contributed by atoms with van der Waals surface area (Å²) in [5.41, 5.74) is -0.467. The molecular weight excluding hydrogens is 354 g/mol. The zero-order valence-electron chi connectivity index (χ0n) is 19.1. The molecule has 0 aliphatic heterocycles. The van der Waals surface area contributed by atoms with Gasteiger partial charge >= 0.3 is 17.1 Å². The fourth-order valence-corrected chi connectivity index (χ4v) is 3.94. The maximum Gasteiger partial charge on any atom is 0.335 e. The highest BCUT2D eigenvalue weighted by atomic mass is 16.2. The Bertz CT molecular complexity index is 657. The minimum Gasteiger partial charge on any atom is -0.248 e. The van der Waals surface area contributed by atoms with Gasteiger partial charge in [-0.2, -0.15) is 0 Å². The third kappa shape index (κ3) is 7.44. The number of hydrogen-bond acceptors (Lipinski definition) is 3. The lowest BCUT2D eigenvalue weighted by Gasteiger charge is -2.28. The lowest BCUT2D eigenvalue weighted by atomic mass is 9.78. The molecule has 3 rings (SSSR count). The van der Waals surface area contributed by atoms with Crippen molar-refractivity contribution in [1.29, 1.82) is 0 Å². The van der Waals surface area contributed by atoms with Crippen LogP contribution >= 0.6 is 0 Å². The minimum atomic E-state index is -0.608. The van der Waals surface area contributed by atoms with E-state index in [0.29, 0.717) is 10.8 Å². The van der Waals surface area contributed by atoms with E-state index < -0.39 is 17.1 Å². The van der Waals surface area contributed by atoms with Gasteiger partial charge in [0.15, 0.2) is 0 Å². The van der Waals surface area contributed by atoms with E-state index in [0.717, 1.165) is 13.7 Å². The molecule has 0 saturated heterocycles. The molecule has 0 amide bonds. The number of rotatable bonds is 0. The van der Waals surface area contributed by atoms with Crippen molar-refractivity contribution in [2.24, 2.45) is 32.0 Å². The highest BCUT2D eigenvalue weighted by Gasteiger charge is 2.20. The predicted octanol–water partition coefficient (Wildman–Crippen LogP) is 3.74. The first-order chi connectivity index (χ1) is 12.9. The van der Waals surface area contributed by atoms with Crippen molar-refractivity contribution in [3.8, 4) is 0 Å². The molecule has 2 saturated carbocycles. The molecule has 1 aromatic rings. The minimum absolute atomic E-state index is 0.608. The summed E-state index contributed by atoms with van der Waals surface area (Å²) in [6.07, 6.45) is 14.6. The first kappa shape index (κ1) is 24.4. The van der Waals surface area contributed by atoms with E-state index in [4.69, 9.17) is 0 Å². The summed E-state index contributed by atoms with van der Waals surface area (Å²) in [5, 5.41) is 0. The molecule has 0 aromatic carbocycles. The quantitative estimate of drug-likeness (QED) is 0.672. The number of nitrogens with zero attached hydrogens (tertiary/aromatic N) is 3. The van der Waals surface area contributed by atoms with E-state index in [2.05, 4.69) is 27.7 Å². The van der Waals surface area contributed by atoms with Crippen LogP contribution in [0.25, 0.3) is 0 Å². The second-order valence-corrected chi connectivity index (χ2v) is 9.97. The molecule has 2 aliphatic carbocycles. The third-order valence-corrected chi connectivity index (χ3v) is 6.14. The molecule has 0 atom stereocenters. The Balaban J connectivity index is 0.000000217. The molecular formula is C22H41N3O3. The fraction of sp³-hybridized carbons (Fsp3) is 0.864. The van der Waals surface area contributed by atoms with Crippen molar-refractivity contribution in [3.05, 3.63) is 31.5 Å². The van der Waals surface area contributed by atoms with Crippen LogP contribution in [-0.4, -0.2) is 13.7 Å². The second kappa shape index (κ2) is 10.3. The Morgan fingerprint density at radius 1 is 0.500 bits per heavy atom. The average Bonchev–Trinajstić information content (AvgIpc) is 2.64. The van der Waals surface area contributed by atoms with Crippen LogP contribution in [0.1, 0.15) is 91.9 Å². The lowest BCUT2D eigenvalue weighted by molar-refractivity contribution is 0.244. The van der Waals surface area contributed by atoms with Crippen molar-refractivity contribution < 1.29 is 0 Å². The summed E-state index contributed by atoms with van der Waals surface area (Å²) in [6, 6.07) is 0. The highest BCUT2D eigenvalue weighted by Crippen LogP contribution is 2.35. The Labute approximate surface area is 169 Å². The van der Waals surface area contributed by atoms with Crippen LogP contribution in [0.15, 0.2) is 14.4 Å². The maximum atomic E-state index is 11.1. The molecule has 6 nitrogen and oxygen atoms in total. The molecule has 2 fully saturated rings. The molecule has 0 radical (unpaired) electrons. The normalized spacial score (nSPS) is 20.2. The fourth-order valence-electron chi connectivity index (χ4n) is 3.94. The molecule has 6 heteroatoms. The number of aromatic nitrogens is 3. The summed E-state index contributed by atoms with van der Waals surface area (Å²) in [7, 11) is 3.97. The molecule has 0 N–H and O–H groups in total. The average molecular weight is 396 g/mol. The standard InChI is InChI=1S/2C8H16.C6H9N3O3/c2*1-8(2)6-4-3-5-7-8;1-7-4(10)8(2)6(12)9(3)5(7)11/h2*3-7H2,1-2H3;1-3H3. The largest absolute Gasteiger partial charge is 0.335 e. The molecule has 0 unspecified atom stereocenters. The van der Waals surface area contributed by atoms with Gasteiger partial charge in [-0.15, -0.1) is 0 Å². The summed E-state index contributed by atoms with van der Waals surface area (Å²) in [4.78, 5) is 33.2. The van der Waals surface area contributed by atoms with Crippen molar-refractivity contribution in [2.75, 3.05) is 0 Å². The highest BCUT2D eigenvalue weighted by molar-refractivity contribution is 4.74. The van der Waals surface area contributed by atoms with E-state index in [9.17, 15) is 14.4 Å². The first-order valence-corrected chi connectivity index (χ1v) is 10.7. The summed E-state index contributed by atoms with van der Waals surface area (Å²) < 4.78 is 2.63. The van der Waals surface area contributed by atoms with Crippen molar-refractivity contribution in [3.63, 3.8) is 0 Å². The van der Waals surface area contributed by atoms with Crippen molar-refractivity contribution in [1.82, 2.24) is 13.7 Å². The van der Waals surface area contributed by atoms with Gasteiger partial charge in [0, 0.05) is 21.1 Å². The predicted molar refractivity (Wildman–Crippen MR) is 116 cm³/mol. The summed E-state index contributed by atoms with van der Waals surface area (Å²) in [6.45, 7) is 9.52. The van der Waals surface area contributed by atoms with E-state index in [1.54, 1.807) is 0 Å². The van der Waals surface area contributed by atoms with Gasteiger partial charge in [0.25, 0.3) is 0 Å². The Morgan fingerprint density at radius 2 is 0.714 bits per heavy atom. The van der Waals surface area contributed by atoms with Crippen molar-refractivity contribution in [2.45, 2.75) is 91.9 Å². The van der Waals surface area contributed by atoms with Crippen LogP contribution in [0.4, 0.5) is 0 Å². The Kier molecular flexibility index (Phi) is 8.96. The van der Waals surface area contributed by atoms with Crippen LogP contribution < -0.4 is 17.1 Å². The van der Waals surface area contributed by atoms with Crippen LogP contribution in [0.3, 0.4) is 0 Å². The number of hydrogen-bond donors (Lipinski definition) is 0. The van der Waals surface area contributed by atoms with E-state index in [1.807, 2.05) is 0 Å². The van der Waals surface area contributed by atoms with Gasteiger partial charge in [0.1, 0.15) is 0 Å². The van der Waals surface area contributed by atoms with Crippen LogP contribution in [-0.2, 0) is 21.1 Å². The van der Waals surface area contributed by atoms with Gasteiger partial charge < -0.3 is 0 Å². The van der Waals surface area contributed by atoms with E-state index >= 15 is 0 Å². The Morgan fingerprint density at radius 3 is 0.857 bits per heavy atom. The van der Waals surface area contributed by atoms with E-state index in [-0.39, 0.29) is 0 Å². The van der Waals surface area contributed by atoms with Gasteiger partial charge in [0.05, 0.1) is 0 Å². The molecule has 2 aliphatic rings. The third-order valence-electron chi connectivity index (χ3n) is 6.14. The van der Waals surface area contributed by atoms with Crippen LogP contribution in [0.2, 0.25) is 0 Å². The van der Waals surface area contributed by atoms with Gasteiger partial charge in [0.2, 0.25) is 0 Å². The molecule has 0 spiro atoms. The van der Waals surface area contributed by atoms with Gasteiger partial charge in [-0.05, 0) is 36.5 Å².